The van der Waals surface area contributed by atoms with Crippen LogP contribution in [0.4, 0.5) is 0 Å². The number of para-hydroxylation sites is 1. The molecule has 0 fully saturated rings. The van der Waals surface area contributed by atoms with E-state index < -0.39 is 6.04 Å². The number of aromatic nitrogens is 2. The Hall–Kier alpha value is -3.84. The Bertz CT molecular complexity index is 1230. The third-order valence-electron chi connectivity index (χ3n) is 5.27. The number of carbonyl (C=O) groups excluding carboxylic acids is 1. The average molecular weight is 457 g/mol. The number of pyridine rings is 2. The highest BCUT2D eigenvalue weighted by Crippen LogP contribution is 2.28. The number of thiophene rings is 1. The highest BCUT2D eigenvalue weighted by molar-refractivity contribution is 7.14. The van der Waals surface area contributed by atoms with Gasteiger partial charge in [-0.05, 0) is 49.2 Å². The molecule has 0 saturated heterocycles. The van der Waals surface area contributed by atoms with Crippen LogP contribution in [-0.2, 0) is 12.8 Å². The van der Waals surface area contributed by atoms with E-state index in [4.69, 9.17) is 5.41 Å². The molecule has 0 radical (unpaired) electrons. The van der Waals surface area contributed by atoms with Crippen molar-refractivity contribution in [2.24, 2.45) is 0 Å². The Morgan fingerprint density at radius 2 is 1.85 bits per heavy atom. The lowest BCUT2D eigenvalue weighted by Gasteiger charge is -2.20. The van der Waals surface area contributed by atoms with Crippen molar-refractivity contribution in [2.75, 3.05) is 0 Å². The number of carbonyl (C=O) groups is 1. The molecule has 4 aromatic rings. The van der Waals surface area contributed by atoms with Gasteiger partial charge in [0, 0.05) is 52.4 Å². The summed E-state index contributed by atoms with van der Waals surface area (Å²) in [5.41, 5.74) is 2.61. The van der Waals surface area contributed by atoms with Gasteiger partial charge in [0.2, 0.25) is 0 Å². The van der Waals surface area contributed by atoms with Crippen molar-refractivity contribution in [3.63, 3.8) is 0 Å². The fourth-order valence-corrected chi connectivity index (χ4v) is 4.46. The topological polar surface area (TPSA) is 99.0 Å². The van der Waals surface area contributed by atoms with Gasteiger partial charge in [0.1, 0.15) is 5.75 Å². The van der Waals surface area contributed by atoms with E-state index in [-0.39, 0.29) is 18.1 Å². The molecular formula is C26H24N4O2S. The summed E-state index contributed by atoms with van der Waals surface area (Å²) < 4.78 is 0. The average Bonchev–Trinajstić information content (AvgIpc) is 3.33. The smallest absolute Gasteiger partial charge is 0.261 e. The molecule has 3 aromatic heterocycles. The molecule has 3 N–H and O–H groups in total. The number of hydrogen-bond donors (Lipinski definition) is 3. The number of benzene rings is 1. The van der Waals surface area contributed by atoms with Gasteiger partial charge in [0.05, 0.1) is 10.9 Å². The van der Waals surface area contributed by atoms with E-state index in [1.807, 2.05) is 42.5 Å². The molecule has 1 amide bonds. The zero-order chi connectivity index (χ0) is 23.0. The van der Waals surface area contributed by atoms with Crippen LogP contribution in [0.15, 0.2) is 85.3 Å². The molecule has 1 unspecified atom stereocenters. The van der Waals surface area contributed by atoms with Gasteiger partial charge < -0.3 is 15.8 Å². The van der Waals surface area contributed by atoms with E-state index in [2.05, 4.69) is 15.3 Å². The van der Waals surface area contributed by atoms with Crippen molar-refractivity contribution in [2.45, 2.75) is 25.3 Å². The maximum absolute atomic E-state index is 13.1. The van der Waals surface area contributed by atoms with Gasteiger partial charge in [-0.15, -0.1) is 11.3 Å². The maximum atomic E-state index is 13.1. The zero-order valence-electron chi connectivity index (χ0n) is 17.9. The van der Waals surface area contributed by atoms with Gasteiger partial charge in [0.25, 0.3) is 5.91 Å². The molecule has 33 heavy (non-hydrogen) atoms. The number of nitrogens with one attached hydrogen (secondary N) is 2. The molecule has 1 aromatic carbocycles. The summed E-state index contributed by atoms with van der Waals surface area (Å²) in [7, 11) is 0. The summed E-state index contributed by atoms with van der Waals surface area (Å²) in [6, 6.07) is 19.6. The number of aryl methyl sites for hydroxylation is 2. The summed E-state index contributed by atoms with van der Waals surface area (Å²) in [6.45, 7) is 0. The molecular weight excluding hydrogens is 432 g/mol. The Morgan fingerprint density at radius 3 is 2.61 bits per heavy atom. The van der Waals surface area contributed by atoms with Gasteiger partial charge in [-0.3, -0.25) is 14.8 Å². The lowest BCUT2D eigenvalue weighted by molar-refractivity contribution is 0.0941. The second kappa shape index (κ2) is 10.7. The highest BCUT2D eigenvalue weighted by Gasteiger charge is 2.22. The fourth-order valence-electron chi connectivity index (χ4n) is 3.55. The predicted octanol–water partition coefficient (Wildman–Crippen LogP) is 4.96. The molecule has 166 valence electrons. The first kappa shape index (κ1) is 22.4. The standard InChI is InChI=1S/C26H24N4O2S/c27-22(18-6-5-14-28-17-18)16-23(21-8-1-2-9-24(21)31)30-26(32)25-13-12-20(33-25)11-10-19-7-3-4-15-29-19/h1-9,12-15,17,23,27,31H,10-11,16H2,(H,30,32). The molecule has 0 bridgehead atoms. The van der Waals surface area contributed by atoms with Crippen molar-refractivity contribution in [3.05, 3.63) is 112 Å². The van der Waals surface area contributed by atoms with Crippen LogP contribution in [0.2, 0.25) is 0 Å². The van der Waals surface area contributed by atoms with Crippen molar-refractivity contribution < 1.29 is 9.90 Å². The molecule has 4 rings (SSSR count). The highest BCUT2D eigenvalue weighted by atomic mass is 32.1. The lowest BCUT2D eigenvalue weighted by atomic mass is 9.97. The minimum absolute atomic E-state index is 0.0871. The van der Waals surface area contributed by atoms with E-state index in [1.165, 1.54) is 11.3 Å². The number of phenolic OH excluding ortho intramolecular Hbond substituents is 1. The number of nitrogens with zero attached hydrogens (tertiary/aromatic N) is 2. The SMILES string of the molecule is N=C(CC(NC(=O)c1ccc(CCc2ccccn2)s1)c1ccccc1O)c1cccnc1. The largest absolute Gasteiger partial charge is 0.508 e. The van der Waals surface area contributed by atoms with E-state index >= 15 is 0 Å². The molecule has 1 atom stereocenters. The van der Waals surface area contributed by atoms with E-state index in [0.717, 1.165) is 23.4 Å². The first-order valence-electron chi connectivity index (χ1n) is 10.7. The second-order valence-electron chi connectivity index (χ2n) is 7.60. The normalized spacial score (nSPS) is 11.6. The number of rotatable bonds is 9. The predicted molar refractivity (Wildman–Crippen MR) is 130 cm³/mol. The Labute approximate surface area is 196 Å². The van der Waals surface area contributed by atoms with Gasteiger partial charge in [-0.25, -0.2) is 0 Å². The molecule has 0 aliphatic rings. The Morgan fingerprint density at radius 1 is 1.00 bits per heavy atom. The third kappa shape index (κ3) is 5.90. The minimum atomic E-state index is -0.550. The Kier molecular flexibility index (Phi) is 7.22. The van der Waals surface area contributed by atoms with Crippen LogP contribution in [0.3, 0.4) is 0 Å². The van der Waals surface area contributed by atoms with Crippen LogP contribution in [0, 0.1) is 5.41 Å². The number of amides is 1. The van der Waals surface area contributed by atoms with Crippen molar-refractivity contribution >= 4 is 23.0 Å². The van der Waals surface area contributed by atoms with Gasteiger partial charge in [0.15, 0.2) is 0 Å². The van der Waals surface area contributed by atoms with Crippen LogP contribution in [-0.4, -0.2) is 26.7 Å². The molecule has 7 heteroatoms. The van der Waals surface area contributed by atoms with E-state index in [0.29, 0.717) is 21.7 Å². The summed E-state index contributed by atoms with van der Waals surface area (Å²) >= 11 is 1.45. The zero-order valence-corrected chi connectivity index (χ0v) is 18.8. The molecule has 0 aliphatic heterocycles. The summed E-state index contributed by atoms with van der Waals surface area (Å²) in [6.07, 6.45) is 6.91. The van der Waals surface area contributed by atoms with Crippen molar-refractivity contribution in [1.82, 2.24) is 15.3 Å². The van der Waals surface area contributed by atoms with Gasteiger partial charge >= 0.3 is 0 Å². The molecule has 0 saturated carbocycles. The van der Waals surface area contributed by atoms with Crippen molar-refractivity contribution in [1.29, 1.82) is 5.41 Å². The van der Waals surface area contributed by atoms with Crippen LogP contribution < -0.4 is 5.32 Å². The molecule has 0 aliphatic carbocycles. The fraction of sp³-hybridized carbons (Fsp3) is 0.154. The lowest BCUT2D eigenvalue weighted by Crippen LogP contribution is -2.29. The molecule has 6 nitrogen and oxygen atoms in total. The number of phenols is 1. The minimum Gasteiger partial charge on any atom is -0.508 e. The first-order valence-corrected chi connectivity index (χ1v) is 11.5. The Balaban J connectivity index is 1.47. The maximum Gasteiger partial charge on any atom is 0.261 e. The van der Waals surface area contributed by atoms with Crippen LogP contribution >= 0.6 is 11.3 Å². The van der Waals surface area contributed by atoms with Crippen LogP contribution in [0.25, 0.3) is 0 Å². The van der Waals surface area contributed by atoms with E-state index in [1.54, 1.807) is 42.9 Å². The van der Waals surface area contributed by atoms with Crippen molar-refractivity contribution in [3.8, 4) is 5.75 Å². The summed E-state index contributed by atoms with van der Waals surface area (Å²) in [5.74, 6) is -0.139. The van der Waals surface area contributed by atoms with Gasteiger partial charge in [-0.1, -0.05) is 30.3 Å². The van der Waals surface area contributed by atoms with Crippen LogP contribution in [0.5, 0.6) is 5.75 Å². The van der Waals surface area contributed by atoms with Gasteiger partial charge in [-0.2, -0.15) is 0 Å². The monoisotopic (exact) mass is 456 g/mol. The number of aromatic hydroxyl groups is 1. The summed E-state index contributed by atoms with van der Waals surface area (Å²) in [5, 5.41) is 21.9. The van der Waals surface area contributed by atoms with Crippen LogP contribution in [0.1, 0.15) is 43.8 Å². The quantitative estimate of drug-likeness (QED) is 0.310. The second-order valence-corrected chi connectivity index (χ2v) is 8.76. The third-order valence-corrected chi connectivity index (χ3v) is 6.42. The number of hydrogen-bond acceptors (Lipinski definition) is 6. The molecule has 3 heterocycles. The van der Waals surface area contributed by atoms with E-state index in [9.17, 15) is 9.90 Å². The molecule has 0 spiro atoms. The first-order chi connectivity index (χ1) is 16.1. The summed E-state index contributed by atoms with van der Waals surface area (Å²) in [4.78, 5) is 23.2.